The van der Waals surface area contributed by atoms with E-state index >= 15 is 0 Å². The second kappa shape index (κ2) is 20.3. The Morgan fingerprint density at radius 1 is 0.562 bits per heavy atom. The van der Waals surface area contributed by atoms with Gasteiger partial charge in [0.1, 0.15) is 6.10 Å². The number of aliphatic hydroxyl groups excluding tert-OH is 1. The summed E-state index contributed by atoms with van der Waals surface area (Å²) in [5.74, 6) is -2.15. The smallest absolute Gasteiger partial charge is 0.338 e. The zero-order chi connectivity index (χ0) is 34.0. The summed E-state index contributed by atoms with van der Waals surface area (Å²) >= 11 is 0. The highest BCUT2D eigenvalue weighted by Crippen LogP contribution is 2.31. The lowest BCUT2D eigenvalue weighted by Crippen LogP contribution is -2.63. The van der Waals surface area contributed by atoms with E-state index in [1.54, 1.807) is 91.0 Å². The van der Waals surface area contributed by atoms with E-state index < -0.39 is 55.2 Å². The van der Waals surface area contributed by atoms with E-state index in [2.05, 4.69) is 6.92 Å². The first kappa shape index (κ1) is 36.8. The van der Waals surface area contributed by atoms with Crippen LogP contribution in [0.4, 0.5) is 0 Å². The Morgan fingerprint density at radius 3 is 1.40 bits per heavy atom. The van der Waals surface area contributed by atoms with Crippen LogP contribution in [0.3, 0.4) is 0 Å². The molecule has 1 aliphatic heterocycles. The average Bonchev–Trinajstić information content (AvgIpc) is 3.13. The van der Waals surface area contributed by atoms with Gasteiger partial charge in [-0.3, -0.25) is 0 Å². The number of hydrogen-bond donors (Lipinski definition) is 1. The minimum Gasteiger partial charge on any atom is -0.452 e. The fourth-order valence-corrected chi connectivity index (χ4v) is 5.65. The molecule has 1 N–H and O–H groups in total. The molecule has 258 valence electrons. The van der Waals surface area contributed by atoms with Crippen molar-refractivity contribution in [1.82, 2.24) is 0 Å². The molecule has 1 fully saturated rings. The van der Waals surface area contributed by atoms with Crippen LogP contribution in [-0.2, 0) is 23.7 Å². The van der Waals surface area contributed by atoms with Crippen LogP contribution >= 0.6 is 0 Å². The van der Waals surface area contributed by atoms with E-state index in [0.29, 0.717) is 0 Å². The molecule has 0 aromatic heterocycles. The highest BCUT2D eigenvalue weighted by Gasteiger charge is 2.53. The van der Waals surface area contributed by atoms with Crippen LogP contribution in [0.2, 0.25) is 0 Å². The SMILES string of the molecule is CCCCCCCCCCCCO[C@@H]1O[C@H](CO)[C@@H](OC(=O)c2ccccc2)[C@H](OC(=O)c2ccccc2)[C@H]1OC(=O)c1ccccc1. The van der Waals surface area contributed by atoms with Crippen LogP contribution in [-0.4, -0.2) is 66.9 Å². The molecule has 4 rings (SSSR count). The van der Waals surface area contributed by atoms with E-state index in [0.717, 1.165) is 25.7 Å². The van der Waals surface area contributed by atoms with Gasteiger partial charge in [-0.2, -0.15) is 0 Å². The molecule has 1 heterocycles. The maximum absolute atomic E-state index is 13.4. The summed E-state index contributed by atoms with van der Waals surface area (Å²) in [7, 11) is 0. The third kappa shape index (κ3) is 11.3. The molecular weight excluding hydrogens is 612 g/mol. The number of esters is 3. The van der Waals surface area contributed by atoms with Crippen molar-refractivity contribution in [3.05, 3.63) is 108 Å². The average molecular weight is 661 g/mol. The molecule has 0 radical (unpaired) electrons. The van der Waals surface area contributed by atoms with Crippen molar-refractivity contribution in [2.24, 2.45) is 0 Å². The first-order valence-corrected chi connectivity index (χ1v) is 17.2. The minimum absolute atomic E-state index is 0.244. The standard InChI is InChI=1S/C39H48O9/c1-2-3-4-5-6-7-8-9-10-20-27-44-39-35(48-38(43)31-25-18-13-19-26-31)34(47-37(42)30-23-16-12-17-24-30)33(32(28-40)45-39)46-36(41)29-21-14-11-15-22-29/h11-19,21-26,32-35,39-40H,2-10,20,27-28H2,1H3/t32-,33-,34+,35-,39-/m1/s1. The fraction of sp³-hybridized carbons (Fsp3) is 0.462. The van der Waals surface area contributed by atoms with Crippen LogP contribution in [0.25, 0.3) is 0 Å². The van der Waals surface area contributed by atoms with Gasteiger partial charge in [0.15, 0.2) is 24.6 Å². The van der Waals surface area contributed by atoms with Crippen molar-refractivity contribution < 1.29 is 43.2 Å². The van der Waals surface area contributed by atoms with Gasteiger partial charge >= 0.3 is 17.9 Å². The van der Waals surface area contributed by atoms with Gasteiger partial charge in [0.25, 0.3) is 0 Å². The summed E-state index contributed by atoms with van der Waals surface area (Å²) in [6.07, 6.45) is 5.10. The Bertz CT molecular complexity index is 1370. The molecule has 0 saturated carbocycles. The molecule has 5 atom stereocenters. The summed E-state index contributed by atoms with van der Waals surface area (Å²) in [4.78, 5) is 40.1. The van der Waals surface area contributed by atoms with Crippen molar-refractivity contribution in [3.8, 4) is 0 Å². The number of ether oxygens (including phenoxy) is 5. The lowest BCUT2D eigenvalue weighted by atomic mass is 9.97. The molecular formula is C39H48O9. The molecule has 48 heavy (non-hydrogen) atoms. The summed E-state index contributed by atoms with van der Waals surface area (Å²) in [5, 5.41) is 10.4. The normalized spacial score (nSPS) is 20.5. The van der Waals surface area contributed by atoms with Gasteiger partial charge in [0.05, 0.1) is 23.3 Å². The van der Waals surface area contributed by atoms with Gasteiger partial charge in [-0.1, -0.05) is 119 Å². The molecule has 0 bridgehead atoms. The minimum atomic E-state index is -1.37. The molecule has 0 spiro atoms. The van der Waals surface area contributed by atoms with Crippen LogP contribution in [0.15, 0.2) is 91.0 Å². The van der Waals surface area contributed by atoms with E-state index in [1.165, 1.54) is 38.5 Å². The predicted octanol–water partition coefficient (Wildman–Crippen LogP) is 7.32. The van der Waals surface area contributed by atoms with Crippen molar-refractivity contribution in [1.29, 1.82) is 0 Å². The van der Waals surface area contributed by atoms with Gasteiger partial charge in [0, 0.05) is 6.61 Å². The van der Waals surface area contributed by atoms with Crippen molar-refractivity contribution in [3.63, 3.8) is 0 Å². The van der Waals surface area contributed by atoms with Crippen molar-refractivity contribution in [2.75, 3.05) is 13.2 Å². The molecule has 0 amide bonds. The molecule has 0 unspecified atom stereocenters. The highest BCUT2D eigenvalue weighted by molar-refractivity contribution is 5.91. The van der Waals surface area contributed by atoms with Gasteiger partial charge in [0.2, 0.25) is 0 Å². The Labute approximate surface area is 283 Å². The lowest BCUT2D eigenvalue weighted by Gasteiger charge is -2.44. The van der Waals surface area contributed by atoms with E-state index in [9.17, 15) is 19.5 Å². The third-order valence-corrected chi connectivity index (χ3v) is 8.31. The number of aliphatic hydroxyl groups is 1. The fourth-order valence-electron chi connectivity index (χ4n) is 5.65. The maximum Gasteiger partial charge on any atom is 0.338 e. The quantitative estimate of drug-likeness (QED) is 0.0802. The lowest BCUT2D eigenvalue weighted by molar-refractivity contribution is -0.298. The van der Waals surface area contributed by atoms with Gasteiger partial charge < -0.3 is 28.8 Å². The third-order valence-electron chi connectivity index (χ3n) is 8.31. The Hall–Kier alpha value is -4.05. The zero-order valence-electron chi connectivity index (χ0n) is 27.7. The van der Waals surface area contributed by atoms with E-state index in [-0.39, 0.29) is 23.3 Å². The van der Waals surface area contributed by atoms with Crippen LogP contribution in [0.5, 0.6) is 0 Å². The maximum atomic E-state index is 13.4. The Balaban J connectivity index is 1.53. The second-order valence-electron chi connectivity index (χ2n) is 12.0. The molecule has 3 aromatic carbocycles. The molecule has 0 aliphatic carbocycles. The summed E-state index contributed by atoms with van der Waals surface area (Å²) in [6.45, 7) is 1.92. The summed E-state index contributed by atoms with van der Waals surface area (Å²) in [5.41, 5.74) is 0.759. The Morgan fingerprint density at radius 2 is 0.958 bits per heavy atom. The van der Waals surface area contributed by atoms with Crippen LogP contribution in [0.1, 0.15) is 102 Å². The number of hydrogen-bond acceptors (Lipinski definition) is 9. The molecule has 9 heteroatoms. The van der Waals surface area contributed by atoms with Crippen LogP contribution in [0, 0.1) is 0 Å². The van der Waals surface area contributed by atoms with Gasteiger partial charge in [-0.15, -0.1) is 0 Å². The highest BCUT2D eigenvalue weighted by atomic mass is 16.7. The molecule has 9 nitrogen and oxygen atoms in total. The number of carbonyl (C=O) groups excluding carboxylic acids is 3. The largest absolute Gasteiger partial charge is 0.452 e. The number of rotatable bonds is 19. The van der Waals surface area contributed by atoms with Gasteiger partial charge in [-0.25, -0.2) is 14.4 Å². The second-order valence-corrected chi connectivity index (χ2v) is 12.0. The summed E-state index contributed by atoms with van der Waals surface area (Å²) < 4.78 is 30.1. The van der Waals surface area contributed by atoms with Crippen molar-refractivity contribution >= 4 is 17.9 Å². The topological polar surface area (TPSA) is 118 Å². The number of unbranched alkanes of at least 4 members (excludes halogenated alkanes) is 9. The van der Waals surface area contributed by atoms with Crippen molar-refractivity contribution in [2.45, 2.75) is 102 Å². The molecule has 3 aromatic rings. The molecule has 1 saturated heterocycles. The van der Waals surface area contributed by atoms with Gasteiger partial charge in [-0.05, 0) is 42.8 Å². The molecule has 1 aliphatic rings. The first-order chi connectivity index (χ1) is 23.5. The predicted molar refractivity (Wildman–Crippen MR) is 180 cm³/mol. The number of benzene rings is 3. The monoisotopic (exact) mass is 660 g/mol. The van der Waals surface area contributed by atoms with E-state index in [1.807, 2.05) is 0 Å². The zero-order valence-corrected chi connectivity index (χ0v) is 27.7. The number of carbonyl (C=O) groups is 3. The Kier molecular flexibility index (Phi) is 15.6. The summed E-state index contributed by atoms with van der Waals surface area (Å²) in [6, 6.07) is 25.0. The van der Waals surface area contributed by atoms with E-state index in [4.69, 9.17) is 23.7 Å². The van der Waals surface area contributed by atoms with Crippen LogP contribution < -0.4 is 0 Å². The first-order valence-electron chi connectivity index (χ1n) is 17.2.